The average Bonchev–Trinajstić information content (AvgIpc) is 2.53. The minimum atomic E-state index is 0.108. The van der Waals surface area contributed by atoms with E-state index in [2.05, 4.69) is 10.2 Å². The minimum absolute atomic E-state index is 0.108. The fourth-order valence-corrected chi connectivity index (χ4v) is 1.44. The molecule has 1 aromatic rings. The van der Waals surface area contributed by atoms with Crippen LogP contribution in [0.25, 0.3) is 0 Å². The number of aromatic nitrogens is 2. The molecule has 1 aliphatic heterocycles. The Morgan fingerprint density at radius 3 is 2.77 bits per heavy atom. The summed E-state index contributed by atoms with van der Waals surface area (Å²) in [6.45, 7) is 0.731. The third kappa shape index (κ3) is 1.62. The van der Waals surface area contributed by atoms with Crippen LogP contribution in [0.15, 0.2) is 12.1 Å². The van der Waals surface area contributed by atoms with Gasteiger partial charge in [0.15, 0.2) is 11.0 Å². The summed E-state index contributed by atoms with van der Waals surface area (Å²) in [5.41, 5.74) is 0. The molecular weight excluding hydrogens is 190 g/mol. The Morgan fingerprint density at radius 1 is 1.38 bits per heavy atom. The van der Waals surface area contributed by atoms with Gasteiger partial charge in [-0.3, -0.25) is 9.69 Å². The molecule has 0 aliphatic carbocycles. The van der Waals surface area contributed by atoms with Crippen LogP contribution >= 0.6 is 11.6 Å². The molecule has 0 atom stereocenters. The van der Waals surface area contributed by atoms with Crippen molar-refractivity contribution in [3.05, 3.63) is 17.3 Å². The van der Waals surface area contributed by atoms with Gasteiger partial charge in [-0.1, -0.05) is 11.6 Å². The molecule has 0 radical (unpaired) electrons. The van der Waals surface area contributed by atoms with Gasteiger partial charge in [0, 0.05) is 13.0 Å². The lowest BCUT2D eigenvalue weighted by Gasteiger charge is -2.12. The largest absolute Gasteiger partial charge is 0.295 e. The summed E-state index contributed by atoms with van der Waals surface area (Å²) >= 11 is 5.58. The van der Waals surface area contributed by atoms with Crippen LogP contribution < -0.4 is 4.90 Å². The summed E-state index contributed by atoms with van der Waals surface area (Å²) < 4.78 is 0. The van der Waals surface area contributed by atoms with Crippen molar-refractivity contribution in [3.8, 4) is 0 Å². The predicted octanol–water partition coefficient (Wildman–Crippen LogP) is 1.26. The SMILES string of the molecule is O=C1CCCN1c1ccc(Cl)nn1. The molecular formula is C8H8ClN3O. The fourth-order valence-electron chi connectivity index (χ4n) is 1.34. The second-order valence-corrected chi connectivity index (χ2v) is 3.25. The first-order chi connectivity index (χ1) is 6.27. The molecule has 0 N–H and O–H groups in total. The van der Waals surface area contributed by atoms with E-state index in [4.69, 9.17) is 11.6 Å². The van der Waals surface area contributed by atoms with E-state index in [9.17, 15) is 4.79 Å². The Bertz CT molecular complexity index is 325. The number of amides is 1. The molecule has 0 aromatic carbocycles. The molecule has 0 unspecified atom stereocenters. The topological polar surface area (TPSA) is 46.1 Å². The van der Waals surface area contributed by atoms with E-state index in [0.29, 0.717) is 17.4 Å². The third-order valence-electron chi connectivity index (χ3n) is 1.97. The lowest BCUT2D eigenvalue weighted by atomic mass is 10.4. The highest BCUT2D eigenvalue weighted by atomic mass is 35.5. The van der Waals surface area contributed by atoms with E-state index in [1.165, 1.54) is 0 Å². The lowest BCUT2D eigenvalue weighted by Crippen LogP contribution is -2.24. The zero-order chi connectivity index (χ0) is 9.26. The molecule has 1 amide bonds. The number of carbonyl (C=O) groups excluding carboxylic acids is 1. The summed E-state index contributed by atoms with van der Waals surface area (Å²) in [5.74, 6) is 0.698. The number of hydrogen-bond donors (Lipinski definition) is 0. The Morgan fingerprint density at radius 2 is 2.23 bits per heavy atom. The van der Waals surface area contributed by atoms with Crippen molar-refractivity contribution in [2.75, 3.05) is 11.4 Å². The third-order valence-corrected chi connectivity index (χ3v) is 2.17. The summed E-state index contributed by atoms with van der Waals surface area (Å²) in [4.78, 5) is 12.9. The standard InChI is InChI=1S/C8H8ClN3O/c9-6-3-4-7(11-10-6)12-5-1-2-8(12)13/h3-4H,1-2,5H2. The van der Waals surface area contributed by atoms with Gasteiger partial charge in [0.1, 0.15) is 0 Å². The lowest BCUT2D eigenvalue weighted by molar-refractivity contribution is -0.117. The van der Waals surface area contributed by atoms with Crippen LogP contribution in [0.1, 0.15) is 12.8 Å². The van der Waals surface area contributed by atoms with Gasteiger partial charge in [-0.15, -0.1) is 10.2 Å². The fraction of sp³-hybridized carbons (Fsp3) is 0.375. The highest BCUT2D eigenvalue weighted by molar-refractivity contribution is 6.29. The molecule has 68 valence electrons. The quantitative estimate of drug-likeness (QED) is 0.681. The first kappa shape index (κ1) is 8.44. The molecule has 13 heavy (non-hydrogen) atoms. The molecule has 4 nitrogen and oxygen atoms in total. The van der Waals surface area contributed by atoms with E-state index in [1.54, 1.807) is 17.0 Å². The Hall–Kier alpha value is -1.16. The van der Waals surface area contributed by atoms with E-state index >= 15 is 0 Å². The van der Waals surface area contributed by atoms with Gasteiger partial charge in [0.25, 0.3) is 0 Å². The van der Waals surface area contributed by atoms with Crippen molar-refractivity contribution in [3.63, 3.8) is 0 Å². The molecule has 0 saturated carbocycles. The van der Waals surface area contributed by atoms with Crippen molar-refractivity contribution in [1.82, 2.24) is 10.2 Å². The van der Waals surface area contributed by atoms with Gasteiger partial charge in [-0.05, 0) is 18.6 Å². The zero-order valence-electron chi connectivity index (χ0n) is 6.90. The maximum atomic E-state index is 11.3. The van der Waals surface area contributed by atoms with Crippen molar-refractivity contribution in [1.29, 1.82) is 0 Å². The van der Waals surface area contributed by atoms with E-state index < -0.39 is 0 Å². The normalized spacial score (nSPS) is 16.7. The molecule has 1 saturated heterocycles. The Kier molecular flexibility index (Phi) is 2.14. The van der Waals surface area contributed by atoms with E-state index in [-0.39, 0.29) is 5.91 Å². The zero-order valence-corrected chi connectivity index (χ0v) is 7.66. The highest BCUT2D eigenvalue weighted by Gasteiger charge is 2.22. The molecule has 1 fully saturated rings. The number of halogens is 1. The van der Waals surface area contributed by atoms with Crippen LogP contribution in [0.2, 0.25) is 5.15 Å². The van der Waals surface area contributed by atoms with Gasteiger partial charge in [0.2, 0.25) is 5.91 Å². The smallest absolute Gasteiger partial charge is 0.228 e. The summed E-state index contributed by atoms with van der Waals surface area (Å²) in [7, 11) is 0. The number of rotatable bonds is 1. The Labute approximate surface area is 80.5 Å². The van der Waals surface area contributed by atoms with Crippen LogP contribution in [0.3, 0.4) is 0 Å². The van der Waals surface area contributed by atoms with Crippen molar-refractivity contribution in [2.24, 2.45) is 0 Å². The highest BCUT2D eigenvalue weighted by Crippen LogP contribution is 2.18. The Balaban J connectivity index is 2.25. The van der Waals surface area contributed by atoms with Crippen LogP contribution in [-0.4, -0.2) is 22.6 Å². The van der Waals surface area contributed by atoms with Crippen LogP contribution in [0, 0.1) is 0 Å². The minimum Gasteiger partial charge on any atom is -0.295 e. The molecule has 2 rings (SSSR count). The van der Waals surface area contributed by atoms with Gasteiger partial charge in [-0.25, -0.2) is 0 Å². The summed E-state index contributed by atoms with van der Waals surface area (Å²) in [5, 5.41) is 7.86. The monoisotopic (exact) mass is 197 g/mol. The van der Waals surface area contributed by atoms with E-state index in [1.807, 2.05) is 0 Å². The second-order valence-electron chi connectivity index (χ2n) is 2.86. The van der Waals surface area contributed by atoms with Gasteiger partial charge in [-0.2, -0.15) is 0 Å². The van der Waals surface area contributed by atoms with Crippen molar-refractivity contribution < 1.29 is 4.79 Å². The van der Waals surface area contributed by atoms with Crippen molar-refractivity contribution >= 4 is 23.3 Å². The van der Waals surface area contributed by atoms with E-state index in [0.717, 1.165) is 13.0 Å². The second kappa shape index (κ2) is 3.30. The molecule has 1 aliphatic rings. The maximum Gasteiger partial charge on any atom is 0.228 e. The van der Waals surface area contributed by atoms with Crippen LogP contribution in [-0.2, 0) is 4.79 Å². The van der Waals surface area contributed by atoms with Crippen molar-refractivity contribution in [2.45, 2.75) is 12.8 Å². The molecule has 0 spiro atoms. The molecule has 5 heteroatoms. The van der Waals surface area contributed by atoms with Gasteiger partial charge < -0.3 is 0 Å². The summed E-state index contributed by atoms with van der Waals surface area (Å²) in [6, 6.07) is 3.34. The van der Waals surface area contributed by atoms with Crippen LogP contribution in [0.4, 0.5) is 5.82 Å². The average molecular weight is 198 g/mol. The first-order valence-electron chi connectivity index (χ1n) is 4.07. The maximum absolute atomic E-state index is 11.3. The molecule has 2 heterocycles. The number of anilines is 1. The van der Waals surface area contributed by atoms with Gasteiger partial charge in [0.05, 0.1) is 0 Å². The first-order valence-corrected chi connectivity index (χ1v) is 4.45. The molecule has 0 bridgehead atoms. The predicted molar refractivity (Wildman–Crippen MR) is 48.6 cm³/mol. The number of hydrogen-bond acceptors (Lipinski definition) is 3. The van der Waals surface area contributed by atoms with Gasteiger partial charge >= 0.3 is 0 Å². The number of carbonyl (C=O) groups is 1. The van der Waals surface area contributed by atoms with Crippen LogP contribution in [0.5, 0.6) is 0 Å². The molecule has 1 aromatic heterocycles. The number of nitrogens with zero attached hydrogens (tertiary/aromatic N) is 3. The summed E-state index contributed by atoms with van der Waals surface area (Å²) in [6.07, 6.45) is 1.49.